The van der Waals surface area contributed by atoms with Gasteiger partial charge in [0.15, 0.2) is 0 Å². The van der Waals surface area contributed by atoms with E-state index in [0.29, 0.717) is 21.5 Å². The summed E-state index contributed by atoms with van der Waals surface area (Å²) in [6.45, 7) is -1.07. The normalized spacial score (nSPS) is 10.9. The van der Waals surface area contributed by atoms with E-state index in [9.17, 15) is 18.0 Å². The predicted molar refractivity (Wildman–Crippen MR) is 83.6 cm³/mol. The van der Waals surface area contributed by atoms with Crippen LogP contribution in [0, 0.1) is 12.7 Å². The molecule has 25 heavy (non-hydrogen) atoms. The fourth-order valence-corrected chi connectivity index (χ4v) is 2.18. The Morgan fingerprint density at radius 2 is 2.00 bits per heavy atom. The van der Waals surface area contributed by atoms with E-state index in [2.05, 4.69) is 20.4 Å². The molecule has 0 saturated heterocycles. The van der Waals surface area contributed by atoms with Crippen molar-refractivity contribution in [1.29, 1.82) is 0 Å². The first-order chi connectivity index (χ1) is 11.9. The van der Waals surface area contributed by atoms with E-state index in [1.54, 1.807) is 13.0 Å². The predicted octanol–water partition coefficient (Wildman–Crippen LogP) is 3.44. The first-order valence-electron chi connectivity index (χ1n) is 7.16. The molecule has 0 fully saturated rings. The number of pyridine rings is 2. The lowest BCUT2D eigenvalue weighted by molar-refractivity contribution is 0.0566. The zero-order valence-corrected chi connectivity index (χ0v) is 12.9. The van der Waals surface area contributed by atoms with Crippen molar-refractivity contribution in [3.8, 4) is 11.1 Å². The first-order valence-corrected chi connectivity index (χ1v) is 7.16. The van der Waals surface area contributed by atoms with Crippen molar-refractivity contribution < 1.29 is 18.0 Å². The van der Waals surface area contributed by atoms with Crippen molar-refractivity contribution in [3.63, 3.8) is 0 Å². The minimum Gasteiger partial charge on any atom is -0.305 e. The Bertz CT molecular complexity index is 908. The average Bonchev–Trinajstić information content (AvgIpc) is 3.07. The number of nitrogens with zero attached hydrogens (tertiary/aromatic N) is 4. The molecular weight excluding hydrogens is 335 g/mol. The first kappa shape index (κ1) is 16.6. The largest absolute Gasteiger partial charge is 0.333 e. The molecule has 1 N–H and O–H groups in total. The molecule has 3 aromatic rings. The lowest BCUT2D eigenvalue weighted by Gasteiger charge is -2.07. The van der Waals surface area contributed by atoms with Gasteiger partial charge in [-0.05, 0) is 36.8 Å². The Balaban J connectivity index is 1.87. The van der Waals surface area contributed by atoms with Gasteiger partial charge in [-0.3, -0.25) is 4.79 Å². The molecular formula is C16H12F3N5O. The van der Waals surface area contributed by atoms with Crippen LogP contribution >= 0.6 is 0 Å². The van der Waals surface area contributed by atoms with E-state index in [1.165, 1.54) is 24.5 Å². The number of hydrogen-bond donors (Lipinski definition) is 1. The second kappa shape index (κ2) is 6.71. The van der Waals surface area contributed by atoms with E-state index in [1.807, 2.05) is 0 Å². The molecule has 3 aromatic heterocycles. The number of aromatic nitrogens is 4. The maximum Gasteiger partial charge on any atom is 0.333 e. The summed E-state index contributed by atoms with van der Waals surface area (Å²) in [6, 6.07) is 5.59. The summed E-state index contributed by atoms with van der Waals surface area (Å²) in [5, 5.41) is 6.07. The number of aryl methyl sites for hydroxylation is 1. The summed E-state index contributed by atoms with van der Waals surface area (Å²) >= 11 is 0. The van der Waals surface area contributed by atoms with Gasteiger partial charge >= 0.3 is 6.55 Å². The van der Waals surface area contributed by atoms with E-state index in [0.717, 1.165) is 12.3 Å². The maximum absolute atomic E-state index is 12.9. The monoisotopic (exact) mass is 347 g/mol. The molecule has 3 heterocycles. The van der Waals surface area contributed by atoms with Crippen molar-refractivity contribution in [2.24, 2.45) is 0 Å². The van der Waals surface area contributed by atoms with E-state index >= 15 is 0 Å². The Hall–Kier alpha value is -3.23. The third-order valence-electron chi connectivity index (χ3n) is 3.29. The minimum absolute atomic E-state index is 0.0749. The highest BCUT2D eigenvalue weighted by Gasteiger charge is 2.14. The lowest BCUT2D eigenvalue weighted by atomic mass is 10.1. The highest BCUT2D eigenvalue weighted by molar-refractivity contribution is 6.03. The third-order valence-corrected chi connectivity index (χ3v) is 3.29. The second-order valence-corrected chi connectivity index (χ2v) is 5.18. The van der Waals surface area contributed by atoms with Crippen LogP contribution in [-0.2, 0) is 0 Å². The fraction of sp³-hybridized carbons (Fsp3) is 0.125. The SMILES string of the molecule is Cc1cc(-c2cnn(C(F)F)c2)cc(C(=O)Nc2ccc(F)cn2)n1. The van der Waals surface area contributed by atoms with Gasteiger partial charge in [-0.2, -0.15) is 13.9 Å². The number of anilines is 1. The topological polar surface area (TPSA) is 72.7 Å². The van der Waals surface area contributed by atoms with Crippen LogP contribution < -0.4 is 5.32 Å². The van der Waals surface area contributed by atoms with Gasteiger partial charge in [0.25, 0.3) is 5.91 Å². The molecule has 0 atom stereocenters. The number of alkyl halides is 2. The highest BCUT2D eigenvalue weighted by Crippen LogP contribution is 2.22. The molecule has 1 amide bonds. The molecule has 0 spiro atoms. The molecule has 0 unspecified atom stereocenters. The zero-order chi connectivity index (χ0) is 18.0. The molecule has 0 aliphatic carbocycles. The average molecular weight is 347 g/mol. The van der Waals surface area contributed by atoms with Crippen LogP contribution in [-0.4, -0.2) is 25.7 Å². The number of nitrogens with one attached hydrogen (secondary N) is 1. The molecule has 6 nitrogen and oxygen atoms in total. The molecule has 9 heteroatoms. The van der Waals surface area contributed by atoms with E-state index in [4.69, 9.17) is 0 Å². The zero-order valence-electron chi connectivity index (χ0n) is 12.9. The smallest absolute Gasteiger partial charge is 0.305 e. The Morgan fingerprint density at radius 1 is 1.20 bits per heavy atom. The summed E-state index contributed by atoms with van der Waals surface area (Å²) in [6.07, 6.45) is 3.44. The van der Waals surface area contributed by atoms with Gasteiger partial charge in [0.1, 0.15) is 17.3 Å². The van der Waals surface area contributed by atoms with Gasteiger partial charge in [0, 0.05) is 17.5 Å². The van der Waals surface area contributed by atoms with Crippen molar-refractivity contribution in [3.05, 3.63) is 60.1 Å². The van der Waals surface area contributed by atoms with Gasteiger partial charge in [0.05, 0.1) is 12.4 Å². The van der Waals surface area contributed by atoms with Crippen LogP contribution in [0.3, 0.4) is 0 Å². The fourth-order valence-electron chi connectivity index (χ4n) is 2.18. The van der Waals surface area contributed by atoms with Gasteiger partial charge in [-0.15, -0.1) is 0 Å². The van der Waals surface area contributed by atoms with Crippen molar-refractivity contribution in [2.45, 2.75) is 13.5 Å². The number of amides is 1. The van der Waals surface area contributed by atoms with Crippen molar-refractivity contribution in [2.75, 3.05) is 5.32 Å². The molecule has 3 rings (SSSR count). The van der Waals surface area contributed by atoms with E-state index < -0.39 is 18.3 Å². The van der Waals surface area contributed by atoms with Crippen molar-refractivity contribution >= 4 is 11.7 Å². The summed E-state index contributed by atoms with van der Waals surface area (Å²) in [7, 11) is 0. The molecule has 0 saturated carbocycles. The van der Waals surface area contributed by atoms with Gasteiger partial charge in [-0.25, -0.2) is 19.0 Å². The number of carbonyl (C=O) groups excluding carboxylic acids is 1. The summed E-state index contributed by atoms with van der Waals surface area (Å²) in [4.78, 5) is 20.2. The molecule has 0 aromatic carbocycles. The minimum atomic E-state index is -2.75. The third kappa shape index (κ3) is 3.82. The lowest BCUT2D eigenvalue weighted by Crippen LogP contribution is -2.15. The summed E-state index contributed by atoms with van der Waals surface area (Å²) < 4.78 is 38.7. The number of rotatable bonds is 4. The van der Waals surface area contributed by atoms with Gasteiger partial charge in [-0.1, -0.05) is 0 Å². The number of carbonyl (C=O) groups is 1. The van der Waals surface area contributed by atoms with Crippen LogP contribution in [0.15, 0.2) is 42.9 Å². The Kier molecular flexibility index (Phi) is 4.46. The van der Waals surface area contributed by atoms with E-state index in [-0.39, 0.29) is 11.5 Å². The molecule has 128 valence electrons. The molecule has 0 aliphatic heterocycles. The highest BCUT2D eigenvalue weighted by atomic mass is 19.3. The van der Waals surface area contributed by atoms with Crippen LogP contribution in [0.5, 0.6) is 0 Å². The maximum atomic E-state index is 12.9. The van der Waals surface area contributed by atoms with Crippen LogP contribution in [0.25, 0.3) is 11.1 Å². The second-order valence-electron chi connectivity index (χ2n) is 5.18. The Morgan fingerprint density at radius 3 is 2.64 bits per heavy atom. The van der Waals surface area contributed by atoms with Crippen molar-refractivity contribution in [1.82, 2.24) is 19.7 Å². The molecule has 0 aliphatic rings. The summed E-state index contributed by atoms with van der Waals surface area (Å²) in [5.41, 5.74) is 1.56. The molecule has 0 radical (unpaired) electrons. The van der Waals surface area contributed by atoms with Crippen LogP contribution in [0.2, 0.25) is 0 Å². The van der Waals surface area contributed by atoms with Crippen LogP contribution in [0.1, 0.15) is 22.7 Å². The summed E-state index contributed by atoms with van der Waals surface area (Å²) in [5.74, 6) is -0.905. The van der Waals surface area contributed by atoms with Gasteiger partial charge < -0.3 is 5.32 Å². The quantitative estimate of drug-likeness (QED) is 0.785. The Labute approximate surface area is 140 Å². The number of hydrogen-bond acceptors (Lipinski definition) is 4. The van der Waals surface area contributed by atoms with Gasteiger partial charge in [0.2, 0.25) is 0 Å². The van der Waals surface area contributed by atoms with Crippen LogP contribution in [0.4, 0.5) is 19.0 Å². The standard InChI is InChI=1S/C16H12F3N5O/c1-9-4-10(11-6-21-24(8-11)16(18)19)5-13(22-9)15(25)23-14-3-2-12(17)7-20-14/h2-8,16H,1H3,(H,20,23,25). The number of halogens is 3. The molecule has 0 bridgehead atoms.